The minimum atomic E-state index is 0.210. The van der Waals surface area contributed by atoms with Crippen molar-refractivity contribution in [2.45, 2.75) is 0 Å². The molecule has 1 heterocycles. The van der Waals surface area contributed by atoms with E-state index in [9.17, 15) is 5.11 Å². The zero-order chi connectivity index (χ0) is 13.8. The first-order valence-corrected chi connectivity index (χ1v) is 5.64. The molecule has 0 amide bonds. The Morgan fingerprint density at radius 3 is 2.00 bits per heavy atom. The molecule has 100 valence electrons. The van der Waals surface area contributed by atoms with Gasteiger partial charge in [-0.2, -0.15) is 9.97 Å². The van der Waals surface area contributed by atoms with Crippen LogP contribution in [0.2, 0.25) is 0 Å². The van der Waals surface area contributed by atoms with Crippen molar-refractivity contribution in [1.82, 2.24) is 9.97 Å². The summed E-state index contributed by atoms with van der Waals surface area (Å²) in [6, 6.07) is 8.34. The van der Waals surface area contributed by atoms with E-state index < -0.39 is 0 Å². The first kappa shape index (κ1) is 12.9. The fraction of sp³-hybridized carbons (Fsp3) is 0.231. The van der Waals surface area contributed by atoms with Gasteiger partial charge in [0.25, 0.3) is 0 Å². The number of phenols is 1. The van der Waals surface area contributed by atoms with Crippen LogP contribution in [0.25, 0.3) is 0 Å². The van der Waals surface area contributed by atoms with E-state index in [1.807, 2.05) is 7.05 Å². The summed E-state index contributed by atoms with van der Waals surface area (Å²) in [7, 11) is 4.89. The number of phenolic OH excluding ortho intramolecular Hbond substituents is 1. The number of rotatable bonds is 4. The standard InChI is InChI=1S/C13H15N3O3/c1-16(9-4-6-10(17)7-5-9)13-14-11(18-2)8-12(15-13)19-3/h4-8,17H,1-3H3. The molecule has 0 saturated carbocycles. The van der Waals surface area contributed by atoms with Gasteiger partial charge in [0.1, 0.15) is 5.75 Å². The maximum Gasteiger partial charge on any atom is 0.236 e. The Bertz CT molecular complexity index is 535. The molecule has 2 rings (SSSR count). The molecule has 0 aliphatic carbocycles. The number of aromatic nitrogens is 2. The summed E-state index contributed by atoms with van der Waals surface area (Å²) >= 11 is 0. The van der Waals surface area contributed by atoms with Crippen LogP contribution in [0.15, 0.2) is 30.3 Å². The molecule has 1 aromatic carbocycles. The van der Waals surface area contributed by atoms with Crippen LogP contribution < -0.4 is 14.4 Å². The monoisotopic (exact) mass is 261 g/mol. The lowest BCUT2D eigenvalue weighted by molar-refractivity contribution is 0.372. The fourth-order valence-electron chi connectivity index (χ4n) is 1.54. The molecule has 1 N–H and O–H groups in total. The van der Waals surface area contributed by atoms with Crippen molar-refractivity contribution in [3.63, 3.8) is 0 Å². The molecule has 6 nitrogen and oxygen atoms in total. The smallest absolute Gasteiger partial charge is 0.236 e. The van der Waals surface area contributed by atoms with Gasteiger partial charge in [0.05, 0.1) is 20.3 Å². The second-order valence-corrected chi connectivity index (χ2v) is 3.83. The predicted molar refractivity (Wildman–Crippen MR) is 71.3 cm³/mol. The highest BCUT2D eigenvalue weighted by atomic mass is 16.5. The number of ether oxygens (including phenoxy) is 2. The average molecular weight is 261 g/mol. The van der Waals surface area contributed by atoms with E-state index in [0.29, 0.717) is 17.7 Å². The van der Waals surface area contributed by atoms with Gasteiger partial charge in [0.2, 0.25) is 17.7 Å². The van der Waals surface area contributed by atoms with Crippen LogP contribution in [0.1, 0.15) is 0 Å². The van der Waals surface area contributed by atoms with Crippen molar-refractivity contribution in [2.24, 2.45) is 0 Å². The highest BCUT2D eigenvalue weighted by Crippen LogP contribution is 2.26. The normalized spacial score (nSPS) is 10.1. The third kappa shape index (κ3) is 2.85. The molecule has 0 aliphatic heterocycles. The molecule has 2 aromatic rings. The van der Waals surface area contributed by atoms with E-state index in [1.54, 1.807) is 35.2 Å². The minimum Gasteiger partial charge on any atom is -0.508 e. The lowest BCUT2D eigenvalue weighted by atomic mass is 10.3. The second-order valence-electron chi connectivity index (χ2n) is 3.83. The van der Waals surface area contributed by atoms with Gasteiger partial charge in [-0.15, -0.1) is 0 Å². The molecule has 19 heavy (non-hydrogen) atoms. The summed E-state index contributed by atoms with van der Waals surface area (Å²) in [6.45, 7) is 0. The Labute approximate surface area is 111 Å². The van der Waals surface area contributed by atoms with Gasteiger partial charge < -0.3 is 19.5 Å². The lowest BCUT2D eigenvalue weighted by Crippen LogP contribution is -2.13. The molecule has 1 aromatic heterocycles. The molecule has 6 heteroatoms. The van der Waals surface area contributed by atoms with Crippen LogP contribution in [0.4, 0.5) is 11.6 Å². The number of aromatic hydroxyl groups is 1. The Morgan fingerprint density at radius 1 is 1.00 bits per heavy atom. The maximum absolute atomic E-state index is 9.28. The maximum atomic E-state index is 9.28. The minimum absolute atomic E-state index is 0.210. The fourth-order valence-corrected chi connectivity index (χ4v) is 1.54. The van der Waals surface area contributed by atoms with E-state index in [1.165, 1.54) is 14.2 Å². The zero-order valence-electron chi connectivity index (χ0n) is 11.0. The summed E-state index contributed by atoms with van der Waals surface area (Å²) in [5.41, 5.74) is 0.841. The third-order valence-corrected chi connectivity index (χ3v) is 2.62. The van der Waals surface area contributed by atoms with Gasteiger partial charge >= 0.3 is 0 Å². The summed E-state index contributed by atoms with van der Waals surface area (Å²) in [4.78, 5) is 10.3. The molecule has 0 spiro atoms. The summed E-state index contributed by atoms with van der Waals surface area (Å²) < 4.78 is 10.2. The first-order valence-electron chi connectivity index (χ1n) is 5.64. The topological polar surface area (TPSA) is 67.7 Å². The lowest BCUT2D eigenvalue weighted by Gasteiger charge is -2.18. The molecule has 0 fully saturated rings. The van der Waals surface area contributed by atoms with Gasteiger partial charge in [-0.05, 0) is 24.3 Å². The van der Waals surface area contributed by atoms with Crippen molar-refractivity contribution >= 4 is 11.6 Å². The Balaban J connectivity index is 2.37. The van der Waals surface area contributed by atoms with Gasteiger partial charge in [-0.1, -0.05) is 0 Å². The molecule has 0 unspecified atom stereocenters. The third-order valence-electron chi connectivity index (χ3n) is 2.62. The number of benzene rings is 1. The van der Waals surface area contributed by atoms with E-state index in [0.717, 1.165) is 5.69 Å². The molecule has 0 bridgehead atoms. The number of nitrogens with zero attached hydrogens (tertiary/aromatic N) is 3. The van der Waals surface area contributed by atoms with Crippen LogP contribution in [-0.2, 0) is 0 Å². The average Bonchev–Trinajstić information content (AvgIpc) is 2.46. The molecular weight excluding hydrogens is 246 g/mol. The second kappa shape index (κ2) is 5.43. The van der Waals surface area contributed by atoms with E-state index in [4.69, 9.17) is 9.47 Å². The molecule has 0 atom stereocenters. The first-order chi connectivity index (χ1) is 9.13. The van der Waals surface area contributed by atoms with Crippen LogP contribution in [0, 0.1) is 0 Å². The molecular formula is C13H15N3O3. The van der Waals surface area contributed by atoms with Crippen LogP contribution in [-0.4, -0.2) is 36.3 Å². The summed E-state index contributed by atoms with van der Waals surface area (Å²) in [5.74, 6) is 1.50. The molecule has 0 aliphatic rings. The highest BCUT2D eigenvalue weighted by molar-refractivity contribution is 5.58. The van der Waals surface area contributed by atoms with Crippen molar-refractivity contribution in [2.75, 3.05) is 26.2 Å². The van der Waals surface area contributed by atoms with Crippen LogP contribution in [0.5, 0.6) is 17.5 Å². The van der Waals surface area contributed by atoms with Crippen LogP contribution in [0.3, 0.4) is 0 Å². The quantitative estimate of drug-likeness (QED) is 0.907. The van der Waals surface area contributed by atoms with E-state index >= 15 is 0 Å². The van der Waals surface area contributed by atoms with Gasteiger partial charge in [0, 0.05) is 12.7 Å². The number of anilines is 2. The SMILES string of the molecule is COc1cc(OC)nc(N(C)c2ccc(O)cc2)n1. The van der Waals surface area contributed by atoms with Crippen molar-refractivity contribution in [3.8, 4) is 17.5 Å². The van der Waals surface area contributed by atoms with Gasteiger partial charge in [-0.3, -0.25) is 0 Å². The van der Waals surface area contributed by atoms with Crippen molar-refractivity contribution in [3.05, 3.63) is 30.3 Å². The highest BCUT2D eigenvalue weighted by Gasteiger charge is 2.11. The Kier molecular flexibility index (Phi) is 3.70. The van der Waals surface area contributed by atoms with Gasteiger partial charge in [0.15, 0.2) is 0 Å². The van der Waals surface area contributed by atoms with Crippen molar-refractivity contribution < 1.29 is 14.6 Å². The molecule has 0 radical (unpaired) electrons. The number of hydrogen-bond acceptors (Lipinski definition) is 6. The van der Waals surface area contributed by atoms with E-state index in [-0.39, 0.29) is 5.75 Å². The number of methoxy groups -OCH3 is 2. The number of hydrogen-bond donors (Lipinski definition) is 1. The largest absolute Gasteiger partial charge is 0.508 e. The summed E-state index contributed by atoms with van der Waals surface area (Å²) in [5, 5.41) is 9.28. The van der Waals surface area contributed by atoms with Crippen molar-refractivity contribution in [1.29, 1.82) is 0 Å². The summed E-state index contributed by atoms with van der Waals surface area (Å²) in [6.07, 6.45) is 0. The molecule has 0 saturated heterocycles. The zero-order valence-corrected chi connectivity index (χ0v) is 11.0. The Hall–Kier alpha value is -2.50. The predicted octanol–water partition coefficient (Wildman–Crippen LogP) is 1.97. The van der Waals surface area contributed by atoms with Gasteiger partial charge in [-0.25, -0.2) is 0 Å². The van der Waals surface area contributed by atoms with E-state index in [2.05, 4.69) is 9.97 Å². The van der Waals surface area contributed by atoms with Crippen LogP contribution >= 0.6 is 0 Å². The Morgan fingerprint density at radius 2 is 1.53 bits per heavy atom.